The van der Waals surface area contributed by atoms with E-state index in [2.05, 4.69) is 12.1 Å². The number of ketones is 1. The monoisotopic (exact) mass is 314 g/mol. The van der Waals surface area contributed by atoms with Crippen molar-refractivity contribution < 1.29 is 19.4 Å². The summed E-state index contributed by atoms with van der Waals surface area (Å²) in [6, 6.07) is 15.0. The van der Waals surface area contributed by atoms with Crippen LogP contribution < -0.4 is 4.74 Å². The van der Waals surface area contributed by atoms with Crippen molar-refractivity contribution in [2.24, 2.45) is 0 Å². The molecule has 23 heavy (non-hydrogen) atoms. The van der Waals surface area contributed by atoms with Gasteiger partial charge >= 0.3 is 0 Å². The van der Waals surface area contributed by atoms with Gasteiger partial charge in [0.05, 0.1) is 0 Å². The molecule has 0 aliphatic rings. The van der Waals surface area contributed by atoms with Crippen molar-refractivity contribution in [3.05, 3.63) is 59.7 Å². The topological polar surface area (TPSA) is 55.8 Å². The summed E-state index contributed by atoms with van der Waals surface area (Å²) >= 11 is 0. The first-order valence-electron chi connectivity index (χ1n) is 7.73. The molecule has 4 heteroatoms. The third-order valence-electron chi connectivity index (χ3n) is 3.58. The summed E-state index contributed by atoms with van der Waals surface area (Å²) < 4.78 is 10.2. The molecule has 1 N–H and O–H groups in total. The molecule has 0 atom stereocenters. The molecule has 0 heterocycles. The zero-order valence-corrected chi connectivity index (χ0v) is 13.3. The van der Waals surface area contributed by atoms with Crippen molar-refractivity contribution in [1.82, 2.24) is 0 Å². The Kier molecular flexibility index (Phi) is 6.63. The number of phenols is 1. The molecule has 4 nitrogen and oxygen atoms in total. The Morgan fingerprint density at radius 2 is 1.83 bits per heavy atom. The molecular formula is C19H22O4. The van der Waals surface area contributed by atoms with Crippen LogP contribution in [0, 0.1) is 0 Å². The predicted octanol–water partition coefficient (Wildman–Crippen LogP) is 3.97. The Hall–Kier alpha value is -2.33. The van der Waals surface area contributed by atoms with E-state index in [9.17, 15) is 9.90 Å². The Balaban J connectivity index is 1.90. The van der Waals surface area contributed by atoms with Gasteiger partial charge in [-0.15, -0.1) is 0 Å². The van der Waals surface area contributed by atoms with Crippen LogP contribution in [0.15, 0.2) is 48.5 Å². The number of benzene rings is 2. The van der Waals surface area contributed by atoms with Gasteiger partial charge < -0.3 is 14.6 Å². The van der Waals surface area contributed by atoms with E-state index in [0.717, 1.165) is 19.3 Å². The van der Waals surface area contributed by atoms with Crippen LogP contribution in [0.25, 0.3) is 0 Å². The molecule has 0 radical (unpaired) electrons. The fraction of sp³-hybridized carbons (Fsp3) is 0.316. The summed E-state index contributed by atoms with van der Waals surface area (Å²) in [5.41, 5.74) is 1.51. The maximum atomic E-state index is 12.4. The molecular weight excluding hydrogens is 292 g/mol. The predicted molar refractivity (Wildman–Crippen MR) is 88.9 cm³/mol. The van der Waals surface area contributed by atoms with Gasteiger partial charge in [0.2, 0.25) is 0 Å². The van der Waals surface area contributed by atoms with Crippen LogP contribution in [0.4, 0.5) is 0 Å². The maximum Gasteiger partial charge on any atom is 0.188 e. The normalized spacial score (nSPS) is 10.5. The fourth-order valence-corrected chi connectivity index (χ4v) is 2.43. The highest BCUT2D eigenvalue weighted by Crippen LogP contribution is 2.29. The third kappa shape index (κ3) is 5.11. The van der Waals surface area contributed by atoms with Crippen molar-refractivity contribution >= 4 is 5.78 Å². The number of unbranched alkanes of at least 4 members (excludes halogenated alkanes) is 1. The molecule has 0 saturated heterocycles. The van der Waals surface area contributed by atoms with Crippen molar-refractivity contribution in [1.29, 1.82) is 0 Å². The summed E-state index contributed by atoms with van der Waals surface area (Å²) in [4.78, 5) is 12.4. The lowest BCUT2D eigenvalue weighted by Gasteiger charge is -2.11. The molecule has 0 aliphatic carbocycles. The van der Waals surface area contributed by atoms with Gasteiger partial charge in [-0.05, 0) is 37.0 Å². The molecule has 0 aliphatic heterocycles. The highest BCUT2D eigenvalue weighted by atomic mass is 16.7. The lowest BCUT2D eigenvalue weighted by molar-refractivity contribution is 0.0500. The Morgan fingerprint density at radius 1 is 1.04 bits per heavy atom. The first-order valence-corrected chi connectivity index (χ1v) is 7.73. The minimum atomic E-state index is -0.109. The van der Waals surface area contributed by atoms with E-state index >= 15 is 0 Å². The number of methoxy groups -OCH3 is 1. The van der Waals surface area contributed by atoms with Gasteiger partial charge in [-0.1, -0.05) is 36.4 Å². The number of rotatable bonds is 9. The van der Waals surface area contributed by atoms with Gasteiger partial charge in [0.25, 0.3) is 0 Å². The van der Waals surface area contributed by atoms with Crippen LogP contribution in [0.2, 0.25) is 0 Å². The maximum absolute atomic E-state index is 12.4. The van der Waals surface area contributed by atoms with Crippen LogP contribution in [-0.2, 0) is 11.2 Å². The number of hydrogen-bond donors (Lipinski definition) is 1. The molecule has 2 aromatic rings. The van der Waals surface area contributed by atoms with Crippen LogP contribution >= 0.6 is 0 Å². The lowest BCUT2D eigenvalue weighted by atomic mass is 10.0. The quantitative estimate of drug-likeness (QED) is 0.432. The summed E-state index contributed by atoms with van der Waals surface area (Å²) in [6.07, 6.45) is 3.03. The van der Waals surface area contributed by atoms with E-state index in [1.165, 1.54) is 18.7 Å². The SMILES string of the molecule is COCOc1cccc(O)c1C(=O)CCCCc1ccccc1. The zero-order chi connectivity index (χ0) is 16.5. The van der Waals surface area contributed by atoms with Crippen LogP contribution in [0.5, 0.6) is 11.5 Å². The summed E-state index contributed by atoms with van der Waals surface area (Å²) in [5, 5.41) is 9.95. The number of phenolic OH excluding ortho intramolecular Hbond substituents is 1. The van der Waals surface area contributed by atoms with Gasteiger partial charge in [-0.2, -0.15) is 0 Å². The number of aryl methyl sites for hydroxylation is 1. The van der Waals surface area contributed by atoms with Crippen LogP contribution in [-0.4, -0.2) is 24.8 Å². The lowest BCUT2D eigenvalue weighted by Crippen LogP contribution is -2.06. The molecule has 0 fully saturated rings. The van der Waals surface area contributed by atoms with E-state index in [0.29, 0.717) is 12.2 Å². The summed E-state index contributed by atoms with van der Waals surface area (Å²) in [5.74, 6) is 0.203. The summed E-state index contributed by atoms with van der Waals surface area (Å²) in [6.45, 7) is 0.0394. The van der Waals surface area contributed by atoms with Crippen molar-refractivity contribution in [2.75, 3.05) is 13.9 Å². The number of Topliss-reactive ketones (excluding diaryl/α,β-unsaturated/α-hetero) is 1. The second-order valence-electron chi connectivity index (χ2n) is 5.32. The van der Waals surface area contributed by atoms with Crippen molar-refractivity contribution in [3.8, 4) is 11.5 Å². The third-order valence-corrected chi connectivity index (χ3v) is 3.58. The number of ether oxygens (including phenoxy) is 2. The van der Waals surface area contributed by atoms with Gasteiger partial charge in [0.1, 0.15) is 17.1 Å². The average Bonchev–Trinajstić information content (AvgIpc) is 2.57. The van der Waals surface area contributed by atoms with Gasteiger partial charge in [0, 0.05) is 13.5 Å². The molecule has 0 unspecified atom stereocenters. The molecule has 2 rings (SSSR count). The van der Waals surface area contributed by atoms with Gasteiger partial charge in [-0.25, -0.2) is 0 Å². The molecule has 2 aromatic carbocycles. The second kappa shape index (κ2) is 8.96. The molecule has 0 spiro atoms. The first-order chi connectivity index (χ1) is 11.2. The van der Waals surface area contributed by atoms with E-state index in [4.69, 9.17) is 9.47 Å². The van der Waals surface area contributed by atoms with Gasteiger partial charge in [-0.3, -0.25) is 4.79 Å². The molecule has 0 bridgehead atoms. The molecule has 0 aromatic heterocycles. The highest BCUT2D eigenvalue weighted by Gasteiger charge is 2.17. The zero-order valence-electron chi connectivity index (χ0n) is 13.3. The summed E-state index contributed by atoms with van der Waals surface area (Å²) in [7, 11) is 1.51. The minimum Gasteiger partial charge on any atom is -0.507 e. The van der Waals surface area contributed by atoms with Crippen molar-refractivity contribution in [3.63, 3.8) is 0 Å². The fourth-order valence-electron chi connectivity index (χ4n) is 2.43. The Morgan fingerprint density at radius 3 is 2.57 bits per heavy atom. The molecule has 0 amide bonds. The average molecular weight is 314 g/mol. The van der Waals surface area contributed by atoms with Crippen LogP contribution in [0.3, 0.4) is 0 Å². The minimum absolute atomic E-state index is 0.0394. The van der Waals surface area contributed by atoms with E-state index in [1.807, 2.05) is 18.2 Å². The van der Waals surface area contributed by atoms with Crippen molar-refractivity contribution in [2.45, 2.75) is 25.7 Å². The second-order valence-corrected chi connectivity index (χ2v) is 5.32. The number of carbonyl (C=O) groups excluding carboxylic acids is 1. The largest absolute Gasteiger partial charge is 0.507 e. The number of hydrogen-bond acceptors (Lipinski definition) is 4. The Bertz CT molecular complexity index is 623. The molecule has 122 valence electrons. The van der Waals surface area contributed by atoms with E-state index in [1.54, 1.807) is 12.1 Å². The number of aromatic hydroxyl groups is 1. The standard InChI is InChI=1S/C19H22O4/c1-22-14-23-18-13-7-12-17(21)19(18)16(20)11-6-5-10-15-8-3-2-4-9-15/h2-4,7-9,12-13,21H,5-6,10-11,14H2,1H3. The van der Waals surface area contributed by atoms with Gasteiger partial charge in [0.15, 0.2) is 12.6 Å². The molecule has 0 saturated carbocycles. The smallest absolute Gasteiger partial charge is 0.188 e. The van der Waals surface area contributed by atoms with E-state index < -0.39 is 0 Å². The highest BCUT2D eigenvalue weighted by molar-refractivity contribution is 6.01. The van der Waals surface area contributed by atoms with E-state index in [-0.39, 0.29) is 23.9 Å². The first kappa shape index (κ1) is 17.0. The van der Waals surface area contributed by atoms with Crippen LogP contribution in [0.1, 0.15) is 35.2 Å². The number of carbonyl (C=O) groups is 1. The Labute approximate surface area is 136 Å².